The second kappa shape index (κ2) is 6.79. The Morgan fingerprint density at radius 1 is 1.05 bits per heavy atom. The van der Waals surface area contributed by atoms with Gasteiger partial charge in [0.05, 0.1) is 5.75 Å². The molecule has 1 saturated heterocycles. The summed E-state index contributed by atoms with van der Waals surface area (Å²) >= 11 is 0. The molecule has 22 heavy (non-hydrogen) atoms. The fourth-order valence-electron chi connectivity index (χ4n) is 2.75. The van der Waals surface area contributed by atoms with Crippen molar-refractivity contribution in [2.24, 2.45) is 0 Å². The van der Waals surface area contributed by atoms with Crippen LogP contribution >= 0.6 is 0 Å². The zero-order valence-electron chi connectivity index (χ0n) is 13.5. The van der Waals surface area contributed by atoms with Gasteiger partial charge in [-0.2, -0.15) is 0 Å². The monoisotopic (exact) mass is 324 g/mol. The summed E-state index contributed by atoms with van der Waals surface area (Å²) in [5, 5.41) is 0. The van der Waals surface area contributed by atoms with Crippen LogP contribution < -0.4 is 0 Å². The smallest absolute Gasteiger partial charge is 0.253 e. The van der Waals surface area contributed by atoms with Gasteiger partial charge in [0.2, 0.25) is 0 Å². The first kappa shape index (κ1) is 17.0. The number of carbonyl (C=O) groups is 1. The summed E-state index contributed by atoms with van der Waals surface area (Å²) in [5.41, 5.74) is 2.92. The number of aryl methyl sites for hydroxylation is 2. The molecule has 1 aromatic rings. The van der Waals surface area contributed by atoms with E-state index in [1.54, 1.807) is 0 Å². The van der Waals surface area contributed by atoms with E-state index in [9.17, 15) is 13.2 Å². The number of hydrogen-bond donors (Lipinski definition) is 0. The SMILES string of the molecule is Cc1cc(C)cc(C(=O)N2CCN(CCS(C)(=O)=O)CC2)c1. The largest absolute Gasteiger partial charge is 0.336 e. The molecule has 0 atom stereocenters. The van der Waals surface area contributed by atoms with Gasteiger partial charge in [0.15, 0.2) is 0 Å². The van der Waals surface area contributed by atoms with Crippen LogP contribution in [0.3, 0.4) is 0 Å². The second-order valence-electron chi connectivity index (χ2n) is 6.14. The minimum atomic E-state index is -2.93. The highest BCUT2D eigenvalue weighted by atomic mass is 32.2. The Labute approximate surface area is 132 Å². The van der Waals surface area contributed by atoms with Crippen LogP contribution in [0.4, 0.5) is 0 Å². The van der Waals surface area contributed by atoms with Crippen LogP contribution in [0.2, 0.25) is 0 Å². The van der Waals surface area contributed by atoms with Crippen molar-refractivity contribution in [1.82, 2.24) is 9.80 Å². The van der Waals surface area contributed by atoms with E-state index in [0.717, 1.165) is 29.8 Å². The Kier molecular flexibility index (Phi) is 5.24. The molecule has 1 aliphatic rings. The predicted molar refractivity (Wildman–Crippen MR) is 88.0 cm³/mol. The molecule has 1 fully saturated rings. The molecule has 0 N–H and O–H groups in total. The summed E-state index contributed by atoms with van der Waals surface area (Å²) in [4.78, 5) is 16.5. The van der Waals surface area contributed by atoms with E-state index in [2.05, 4.69) is 11.0 Å². The summed E-state index contributed by atoms with van der Waals surface area (Å²) in [6, 6.07) is 5.90. The molecule has 0 saturated carbocycles. The van der Waals surface area contributed by atoms with Crippen molar-refractivity contribution in [2.75, 3.05) is 44.7 Å². The van der Waals surface area contributed by atoms with Gasteiger partial charge >= 0.3 is 0 Å². The minimum Gasteiger partial charge on any atom is -0.336 e. The van der Waals surface area contributed by atoms with Gasteiger partial charge in [-0.05, 0) is 26.0 Å². The molecule has 6 heteroatoms. The highest BCUT2D eigenvalue weighted by Crippen LogP contribution is 2.13. The lowest BCUT2D eigenvalue weighted by molar-refractivity contribution is 0.0644. The van der Waals surface area contributed by atoms with Gasteiger partial charge in [-0.1, -0.05) is 17.2 Å². The molecule has 0 aliphatic carbocycles. The van der Waals surface area contributed by atoms with Crippen molar-refractivity contribution in [2.45, 2.75) is 13.8 Å². The Hall–Kier alpha value is -1.40. The highest BCUT2D eigenvalue weighted by Gasteiger charge is 2.22. The lowest BCUT2D eigenvalue weighted by Gasteiger charge is -2.34. The number of amides is 1. The van der Waals surface area contributed by atoms with Gasteiger partial charge in [0, 0.05) is 44.5 Å². The van der Waals surface area contributed by atoms with Gasteiger partial charge in [-0.15, -0.1) is 0 Å². The molecule has 122 valence electrons. The van der Waals surface area contributed by atoms with Crippen LogP contribution in [0.1, 0.15) is 21.5 Å². The van der Waals surface area contributed by atoms with E-state index < -0.39 is 9.84 Å². The number of benzene rings is 1. The molecule has 1 amide bonds. The van der Waals surface area contributed by atoms with E-state index in [4.69, 9.17) is 0 Å². The summed E-state index contributed by atoms with van der Waals surface area (Å²) in [6.45, 7) is 7.29. The lowest BCUT2D eigenvalue weighted by atomic mass is 10.1. The third-order valence-corrected chi connectivity index (χ3v) is 4.83. The van der Waals surface area contributed by atoms with E-state index >= 15 is 0 Å². The molecule has 0 bridgehead atoms. The second-order valence-corrected chi connectivity index (χ2v) is 8.40. The maximum absolute atomic E-state index is 12.5. The molecular formula is C16H24N2O3S. The van der Waals surface area contributed by atoms with E-state index in [1.807, 2.05) is 30.9 Å². The van der Waals surface area contributed by atoms with E-state index in [1.165, 1.54) is 6.26 Å². The van der Waals surface area contributed by atoms with Crippen LogP contribution in [-0.2, 0) is 9.84 Å². The quantitative estimate of drug-likeness (QED) is 0.832. The molecule has 1 aromatic carbocycles. The average molecular weight is 324 g/mol. The van der Waals surface area contributed by atoms with Crippen LogP contribution in [-0.4, -0.2) is 68.9 Å². The molecule has 0 radical (unpaired) electrons. The van der Waals surface area contributed by atoms with Gasteiger partial charge in [0.1, 0.15) is 9.84 Å². The van der Waals surface area contributed by atoms with Crippen molar-refractivity contribution in [3.8, 4) is 0 Å². The molecule has 1 heterocycles. The molecule has 1 aliphatic heterocycles. The van der Waals surface area contributed by atoms with Crippen LogP contribution in [0.5, 0.6) is 0 Å². The first-order chi connectivity index (χ1) is 10.2. The third kappa shape index (κ3) is 4.81. The molecule has 0 aromatic heterocycles. The van der Waals surface area contributed by atoms with Crippen LogP contribution in [0.15, 0.2) is 18.2 Å². The summed E-state index contributed by atoms with van der Waals surface area (Å²) in [6.07, 6.45) is 1.26. The number of sulfone groups is 1. The average Bonchev–Trinajstić information content (AvgIpc) is 2.43. The Morgan fingerprint density at radius 2 is 1.59 bits per heavy atom. The summed E-state index contributed by atoms with van der Waals surface area (Å²) < 4.78 is 22.4. The molecular weight excluding hydrogens is 300 g/mol. The topological polar surface area (TPSA) is 57.7 Å². The number of piperazine rings is 1. The lowest BCUT2D eigenvalue weighted by Crippen LogP contribution is -2.49. The van der Waals surface area contributed by atoms with Gasteiger partial charge < -0.3 is 4.90 Å². The van der Waals surface area contributed by atoms with Gasteiger partial charge in [0.25, 0.3) is 5.91 Å². The fraction of sp³-hybridized carbons (Fsp3) is 0.562. The Morgan fingerprint density at radius 3 is 2.09 bits per heavy atom. The minimum absolute atomic E-state index is 0.0644. The highest BCUT2D eigenvalue weighted by molar-refractivity contribution is 7.90. The van der Waals surface area contributed by atoms with Crippen molar-refractivity contribution >= 4 is 15.7 Å². The maximum Gasteiger partial charge on any atom is 0.253 e. The molecule has 2 rings (SSSR count). The number of nitrogens with zero attached hydrogens (tertiary/aromatic N) is 2. The molecule has 0 spiro atoms. The molecule has 0 unspecified atom stereocenters. The van der Waals surface area contributed by atoms with Crippen molar-refractivity contribution in [1.29, 1.82) is 0 Å². The third-order valence-electron chi connectivity index (χ3n) is 3.91. The summed E-state index contributed by atoms with van der Waals surface area (Å²) in [5.74, 6) is 0.243. The fourth-order valence-corrected chi connectivity index (χ4v) is 3.34. The first-order valence-corrected chi connectivity index (χ1v) is 9.58. The predicted octanol–water partition coefficient (Wildman–Crippen LogP) is 1.11. The summed E-state index contributed by atoms with van der Waals surface area (Å²) in [7, 11) is -2.93. The first-order valence-electron chi connectivity index (χ1n) is 7.52. The maximum atomic E-state index is 12.5. The van der Waals surface area contributed by atoms with Crippen molar-refractivity contribution < 1.29 is 13.2 Å². The van der Waals surface area contributed by atoms with E-state index in [0.29, 0.717) is 19.6 Å². The van der Waals surface area contributed by atoms with Gasteiger partial charge in [-0.3, -0.25) is 9.69 Å². The zero-order chi connectivity index (χ0) is 16.3. The standard InChI is InChI=1S/C16H24N2O3S/c1-13-10-14(2)12-15(11-13)16(19)18-6-4-17(5-7-18)8-9-22(3,20)21/h10-12H,4-9H2,1-3H3. The normalized spacial score (nSPS) is 16.8. The van der Waals surface area contributed by atoms with Crippen molar-refractivity contribution in [3.05, 3.63) is 34.9 Å². The number of carbonyl (C=O) groups excluding carboxylic acids is 1. The van der Waals surface area contributed by atoms with Gasteiger partial charge in [-0.25, -0.2) is 8.42 Å². The molecule has 5 nitrogen and oxygen atoms in total. The number of rotatable bonds is 4. The van der Waals surface area contributed by atoms with Crippen molar-refractivity contribution in [3.63, 3.8) is 0 Å². The van der Waals surface area contributed by atoms with E-state index in [-0.39, 0.29) is 11.7 Å². The van der Waals surface area contributed by atoms with Crippen LogP contribution in [0.25, 0.3) is 0 Å². The van der Waals surface area contributed by atoms with Crippen LogP contribution in [0, 0.1) is 13.8 Å². The number of hydrogen-bond acceptors (Lipinski definition) is 4. The Balaban J connectivity index is 1.92. The zero-order valence-corrected chi connectivity index (χ0v) is 14.3. The Bertz CT molecular complexity index is 627.